The van der Waals surface area contributed by atoms with E-state index < -0.39 is 0 Å². The van der Waals surface area contributed by atoms with Crippen LogP contribution in [0.15, 0.2) is 23.8 Å². The number of nitriles is 1. The Hall–Kier alpha value is -0.550. The van der Waals surface area contributed by atoms with Crippen molar-refractivity contribution in [1.82, 2.24) is 0 Å². The van der Waals surface area contributed by atoms with Crippen LogP contribution >= 0.6 is 15.9 Å². The third-order valence-corrected chi connectivity index (χ3v) is 2.67. The van der Waals surface area contributed by atoms with Gasteiger partial charge >= 0.3 is 0 Å². The van der Waals surface area contributed by atoms with E-state index in [0.29, 0.717) is 10.7 Å². The first-order valence-electron chi connectivity index (χ1n) is 3.18. The Morgan fingerprint density at radius 1 is 1.70 bits per heavy atom. The van der Waals surface area contributed by atoms with Crippen LogP contribution in [0.3, 0.4) is 0 Å². The van der Waals surface area contributed by atoms with Gasteiger partial charge in [0.1, 0.15) is 0 Å². The normalized spacial score (nSPS) is 31.1. The molecule has 0 amide bonds. The predicted octanol–water partition coefficient (Wildman–Crippen LogP) is 2.41. The van der Waals surface area contributed by atoms with E-state index in [1.165, 1.54) is 0 Å². The average molecular weight is 198 g/mol. The maximum Gasteiger partial charge on any atom is 0.0988 e. The first kappa shape index (κ1) is 7.56. The van der Waals surface area contributed by atoms with E-state index in [0.717, 1.165) is 5.57 Å². The van der Waals surface area contributed by atoms with Crippen molar-refractivity contribution in [3.63, 3.8) is 0 Å². The number of hydrogen-bond donors (Lipinski definition) is 0. The van der Waals surface area contributed by atoms with Crippen LogP contribution in [0.5, 0.6) is 0 Å². The minimum Gasteiger partial charge on any atom is -0.192 e. The van der Waals surface area contributed by atoms with Gasteiger partial charge in [0.05, 0.1) is 6.07 Å². The fourth-order valence-corrected chi connectivity index (χ4v) is 1.18. The van der Waals surface area contributed by atoms with Gasteiger partial charge in [0, 0.05) is 10.4 Å². The molecule has 0 radical (unpaired) electrons. The second-order valence-electron chi connectivity index (χ2n) is 2.40. The van der Waals surface area contributed by atoms with E-state index in [1.807, 2.05) is 18.2 Å². The summed E-state index contributed by atoms with van der Waals surface area (Å²) in [6.45, 7) is 2.08. The van der Waals surface area contributed by atoms with Crippen molar-refractivity contribution in [2.75, 3.05) is 0 Å². The van der Waals surface area contributed by atoms with E-state index in [1.54, 1.807) is 0 Å². The molecule has 0 spiro atoms. The lowest BCUT2D eigenvalue weighted by molar-refractivity contribution is 0.758. The summed E-state index contributed by atoms with van der Waals surface area (Å²) in [5.74, 6) is 0.430. The summed E-state index contributed by atoms with van der Waals surface area (Å²) in [5, 5.41) is 8.51. The molecule has 2 unspecified atom stereocenters. The molecule has 0 aromatic heterocycles. The summed E-state index contributed by atoms with van der Waals surface area (Å²) in [6, 6.07) is 2.11. The van der Waals surface area contributed by atoms with E-state index in [-0.39, 0.29) is 0 Å². The van der Waals surface area contributed by atoms with Gasteiger partial charge in [0.25, 0.3) is 0 Å². The van der Waals surface area contributed by atoms with Crippen molar-refractivity contribution < 1.29 is 0 Å². The van der Waals surface area contributed by atoms with Crippen LogP contribution in [0.2, 0.25) is 0 Å². The van der Waals surface area contributed by atoms with Gasteiger partial charge in [-0.25, -0.2) is 0 Å². The molecular formula is C8H8BrN. The van der Waals surface area contributed by atoms with Crippen molar-refractivity contribution in [2.45, 2.75) is 11.8 Å². The van der Waals surface area contributed by atoms with Gasteiger partial charge in [-0.1, -0.05) is 35.0 Å². The largest absolute Gasteiger partial charge is 0.192 e. The topological polar surface area (TPSA) is 23.8 Å². The number of halogens is 1. The molecular weight excluding hydrogens is 190 g/mol. The van der Waals surface area contributed by atoms with Crippen molar-refractivity contribution in [2.24, 2.45) is 5.92 Å². The molecule has 0 fully saturated rings. The number of allylic oxidation sites excluding steroid dienone is 4. The zero-order valence-corrected chi connectivity index (χ0v) is 7.30. The van der Waals surface area contributed by atoms with Gasteiger partial charge in [0.15, 0.2) is 0 Å². The molecule has 0 aliphatic heterocycles. The highest BCUT2D eigenvalue weighted by Crippen LogP contribution is 2.22. The Kier molecular flexibility index (Phi) is 2.29. The SMILES string of the molecule is CC1C=C(C#N)C=CC1Br. The molecule has 52 valence electrons. The van der Waals surface area contributed by atoms with Crippen LogP contribution < -0.4 is 0 Å². The highest BCUT2D eigenvalue weighted by molar-refractivity contribution is 9.09. The van der Waals surface area contributed by atoms with Gasteiger partial charge in [-0.3, -0.25) is 0 Å². The molecule has 0 saturated carbocycles. The summed E-state index contributed by atoms with van der Waals surface area (Å²) in [5.41, 5.74) is 0.767. The van der Waals surface area contributed by atoms with Crippen molar-refractivity contribution in [3.05, 3.63) is 23.8 Å². The summed E-state index contributed by atoms with van der Waals surface area (Å²) in [7, 11) is 0. The zero-order valence-electron chi connectivity index (χ0n) is 5.71. The maximum atomic E-state index is 8.51. The highest BCUT2D eigenvalue weighted by Gasteiger charge is 2.12. The number of hydrogen-bond acceptors (Lipinski definition) is 1. The fourth-order valence-electron chi connectivity index (χ4n) is 0.876. The van der Waals surface area contributed by atoms with E-state index in [4.69, 9.17) is 5.26 Å². The van der Waals surface area contributed by atoms with E-state index >= 15 is 0 Å². The van der Waals surface area contributed by atoms with Crippen molar-refractivity contribution in [1.29, 1.82) is 5.26 Å². The van der Waals surface area contributed by atoms with Gasteiger partial charge in [-0.05, 0) is 12.0 Å². The number of rotatable bonds is 0. The Bertz CT molecular complexity index is 222. The van der Waals surface area contributed by atoms with Gasteiger partial charge in [-0.2, -0.15) is 5.26 Å². The fraction of sp³-hybridized carbons (Fsp3) is 0.375. The monoisotopic (exact) mass is 197 g/mol. The molecule has 0 bridgehead atoms. The molecule has 10 heavy (non-hydrogen) atoms. The minimum absolute atomic E-state index is 0.393. The highest BCUT2D eigenvalue weighted by atomic mass is 79.9. The summed E-state index contributed by atoms with van der Waals surface area (Å²) < 4.78 is 0. The molecule has 1 aliphatic carbocycles. The lowest BCUT2D eigenvalue weighted by Crippen LogP contribution is -2.08. The Balaban J connectivity index is 2.78. The lowest BCUT2D eigenvalue weighted by Gasteiger charge is -2.13. The molecule has 1 nitrogen and oxygen atoms in total. The van der Waals surface area contributed by atoms with Crippen LogP contribution in [-0.4, -0.2) is 4.83 Å². The van der Waals surface area contributed by atoms with Crippen molar-refractivity contribution >= 4 is 15.9 Å². The van der Waals surface area contributed by atoms with Gasteiger partial charge < -0.3 is 0 Å². The summed E-state index contributed by atoms with van der Waals surface area (Å²) in [6.07, 6.45) is 5.82. The lowest BCUT2D eigenvalue weighted by atomic mass is 9.99. The first-order valence-corrected chi connectivity index (χ1v) is 4.10. The van der Waals surface area contributed by atoms with Gasteiger partial charge in [-0.15, -0.1) is 0 Å². The molecule has 1 rings (SSSR count). The second-order valence-corrected chi connectivity index (χ2v) is 3.45. The van der Waals surface area contributed by atoms with E-state index in [2.05, 4.69) is 28.9 Å². The van der Waals surface area contributed by atoms with Crippen molar-refractivity contribution in [3.8, 4) is 6.07 Å². The van der Waals surface area contributed by atoms with Crippen LogP contribution in [0.25, 0.3) is 0 Å². The molecule has 2 heteroatoms. The Morgan fingerprint density at radius 3 is 2.90 bits per heavy atom. The van der Waals surface area contributed by atoms with Crippen LogP contribution in [0.4, 0.5) is 0 Å². The standard InChI is InChI=1S/C8H8BrN/c1-6-4-7(5-10)2-3-8(6)9/h2-4,6,8H,1H3. The quantitative estimate of drug-likeness (QED) is 0.548. The zero-order chi connectivity index (χ0) is 7.56. The number of nitrogens with zero attached hydrogens (tertiary/aromatic N) is 1. The molecule has 1 aliphatic rings. The van der Waals surface area contributed by atoms with Gasteiger partial charge in [0.2, 0.25) is 0 Å². The smallest absolute Gasteiger partial charge is 0.0988 e. The Labute approximate surface area is 69.2 Å². The molecule has 2 atom stereocenters. The molecule has 0 aromatic rings. The molecule has 0 saturated heterocycles. The molecule has 0 heterocycles. The number of alkyl halides is 1. The Morgan fingerprint density at radius 2 is 2.40 bits per heavy atom. The van der Waals surface area contributed by atoms with E-state index in [9.17, 15) is 0 Å². The second kappa shape index (κ2) is 3.03. The third-order valence-electron chi connectivity index (χ3n) is 1.53. The molecule has 0 aromatic carbocycles. The van der Waals surface area contributed by atoms with Crippen LogP contribution in [-0.2, 0) is 0 Å². The van der Waals surface area contributed by atoms with Crippen LogP contribution in [0.1, 0.15) is 6.92 Å². The third kappa shape index (κ3) is 1.48. The first-order chi connectivity index (χ1) is 4.74. The molecule has 0 N–H and O–H groups in total. The van der Waals surface area contributed by atoms with Crippen LogP contribution in [0, 0.1) is 17.2 Å². The summed E-state index contributed by atoms with van der Waals surface area (Å²) in [4.78, 5) is 0.393. The predicted molar refractivity (Wildman–Crippen MR) is 44.7 cm³/mol. The maximum absolute atomic E-state index is 8.51. The minimum atomic E-state index is 0.393. The average Bonchev–Trinajstić information content (AvgIpc) is 1.95. The summed E-state index contributed by atoms with van der Waals surface area (Å²) >= 11 is 3.47.